The van der Waals surface area contributed by atoms with Gasteiger partial charge in [-0.05, 0) is 55.4 Å². The number of hydrogen-bond donors (Lipinski definition) is 1. The van der Waals surface area contributed by atoms with E-state index in [0.717, 1.165) is 10.0 Å². The van der Waals surface area contributed by atoms with Gasteiger partial charge in [0, 0.05) is 29.7 Å². The van der Waals surface area contributed by atoms with Crippen molar-refractivity contribution in [2.75, 3.05) is 18.5 Å². The van der Waals surface area contributed by atoms with Crippen molar-refractivity contribution in [3.8, 4) is 0 Å². The Morgan fingerprint density at radius 3 is 2.80 bits per heavy atom. The lowest BCUT2D eigenvalue weighted by molar-refractivity contribution is -0.118. The van der Waals surface area contributed by atoms with Gasteiger partial charge in [0.1, 0.15) is 0 Å². The van der Waals surface area contributed by atoms with Crippen LogP contribution in [0.5, 0.6) is 0 Å². The standard InChI is InChI=1S/C20H19BrN4O4S/c1-22-30(28,29)15-3-5-18-13(10-15)6-9-25(18)19(26)7-8-24-12-23-17-4-2-14(21)11-16(17)20(24)27/h2-5,10-12,22H,6-9H2,1H3. The summed E-state index contributed by atoms with van der Waals surface area (Å²) in [5, 5.41) is 0.490. The van der Waals surface area contributed by atoms with E-state index in [4.69, 9.17) is 0 Å². The average molecular weight is 491 g/mol. The van der Waals surface area contributed by atoms with Gasteiger partial charge < -0.3 is 4.90 Å². The van der Waals surface area contributed by atoms with Crippen molar-refractivity contribution >= 4 is 48.5 Å². The minimum Gasteiger partial charge on any atom is -0.312 e. The van der Waals surface area contributed by atoms with E-state index < -0.39 is 10.0 Å². The Kier molecular flexibility index (Phi) is 5.48. The van der Waals surface area contributed by atoms with Crippen molar-refractivity contribution in [3.05, 3.63) is 63.1 Å². The van der Waals surface area contributed by atoms with Crippen LogP contribution in [0.4, 0.5) is 5.69 Å². The average Bonchev–Trinajstić information content (AvgIpc) is 3.17. The molecule has 1 amide bonds. The summed E-state index contributed by atoms with van der Waals surface area (Å²) < 4.78 is 28.5. The zero-order valence-corrected chi connectivity index (χ0v) is 18.5. The molecular formula is C20H19BrN4O4S. The molecule has 1 aliphatic rings. The van der Waals surface area contributed by atoms with Crippen LogP contribution >= 0.6 is 15.9 Å². The van der Waals surface area contributed by atoms with E-state index in [1.807, 2.05) is 6.07 Å². The van der Waals surface area contributed by atoms with Gasteiger partial charge in [-0.1, -0.05) is 15.9 Å². The third-order valence-corrected chi connectivity index (χ3v) is 7.08. The smallest absolute Gasteiger partial charge is 0.261 e. The molecule has 0 saturated heterocycles. The molecule has 1 aromatic heterocycles. The molecule has 1 aliphatic heterocycles. The van der Waals surface area contributed by atoms with E-state index >= 15 is 0 Å². The number of rotatable bonds is 5. The molecule has 1 N–H and O–H groups in total. The molecule has 30 heavy (non-hydrogen) atoms. The topological polar surface area (TPSA) is 101 Å². The number of fused-ring (bicyclic) bond motifs is 2. The van der Waals surface area contributed by atoms with Crippen LogP contribution in [0.3, 0.4) is 0 Å². The molecule has 0 radical (unpaired) electrons. The van der Waals surface area contributed by atoms with Gasteiger partial charge in [0.15, 0.2) is 0 Å². The summed E-state index contributed by atoms with van der Waals surface area (Å²) in [6.07, 6.45) is 2.18. The molecule has 0 fully saturated rings. The third-order valence-electron chi connectivity index (χ3n) is 5.18. The summed E-state index contributed by atoms with van der Waals surface area (Å²) in [4.78, 5) is 31.6. The number of halogens is 1. The second-order valence-corrected chi connectivity index (χ2v) is 9.75. The van der Waals surface area contributed by atoms with E-state index in [0.29, 0.717) is 29.6 Å². The monoisotopic (exact) mass is 490 g/mol. The van der Waals surface area contributed by atoms with Crippen LogP contribution in [0, 0.1) is 0 Å². The molecule has 8 nitrogen and oxygen atoms in total. The van der Waals surface area contributed by atoms with Crippen LogP contribution in [-0.2, 0) is 27.8 Å². The van der Waals surface area contributed by atoms with Crippen molar-refractivity contribution in [1.82, 2.24) is 14.3 Å². The summed E-state index contributed by atoms with van der Waals surface area (Å²) in [6, 6.07) is 10.1. The molecule has 2 heterocycles. The fourth-order valence-corrected chi connectivity index (χ4v) is 4.71. The summed E-state index contributed by atoms with van der Waals surface area (Å²) in [5.74, 6) is -0.126. The maximum atomic E-state index is 12.8. The first-order valence-electron chi connectivity index (χ1n) is 9.32. The lowest BCUT2D eigenvalue weighted by Crippen LogP contribution is -2.31. The van der Waals surface area contributed by atoms with Gasteiger partial charge in [0.25, 0.3) is 5.56 Å². The first kappa shape index (κ1) is 20.7. The van der Waals surface area contributed by atoms with Gasteiger partial charge in [-0.25, -0.2) is 18.1 Å². The highest BCUT2D eigenvalue weighted by Gasteiger charge is 2.26. The summed E-state index contributed by atoms with van der Waals surface area (Å²) in [5.41, 5.74) is 1.93. The minimum atomic E-state index is -3.53. The number of amides is 1. The Labute approximate surface area is 181 Å². The van der Waals surface area contributed by atoms with Gasteiger partial charge in [-0.3, -0.25) is 14.2 Å². The Morgan fingerprint density at radius 2 is 2.03 bits per heavy atom. The van der Waals surface area contributed by atoms with Crippen molar-refractivity contribution in [2.45, 2.75) is 24.3 Å². The zero-order valence-electron chi connectivity index (χ0n) is 16.1. The lowest BCUT2D eigenvalue weighted by atomic mass is 10.2. The highest BCUT2D eigenvalue weighted by molar-refractivity contribution is 9.10. The van der Waals surface area contributed by atoms with Crippen LogP contribution in [0.2, 0.25) is 0 Å². The number of benzene rings is 2. The van der Waals surface area contributed by atoms with E-state index in [2.05, 4.69) is 25.6 Å². The first-order valence-corrected chi connectivity index (χ1v) is 11.6. The van der Waals surface area contributed by atoms with Crippen LogP contribution in [0.25, 0.3) is 10.9 Å². The predicted molar refractivity (Wildman–Crippen MR) is 117 cm³/mol. The second-order valence-electron chi connectivity index (χ2n) is 6.95. The first-order chi connectivity index (χ1) is 14.3. The molecule has 156 valence electrons. The normalized spacial score (nSPS) is 13.6. The molecule has 0 spiro atoms. The molecule has 4 rings (SSSR count). The largest absolute Gasteiger partial charge is 0.312 e. The summed E-state index contributed by atoms with van der Waals surface area (Å²) in [6.45, 7) is 0.695. The molecule has 0 bridgehead atoms. The third kappa shape index (κ3) is 3.78. The fraction of sp³-hybridized carbons (Fsp3) is 0.250. The maximum absolute atomic E-state index is 12.8. The van der Waals surface area contributed by atoms with Crippen molar-refractivity contribution in [1.29, 1.82) is 0 Å². The van der Waals surface area contributed by atoms with Crippen molar-refractivity contribution in [3.63, 3.8) is 0 Å². The predicted octanol–water partition coefficient (Wildman–Crippen LogP) is 2.05. The van der Waals surface area contributed by atoms with Crippen LogP contribution < -0.4 is 15.2 Å². The Balaban J connectivity index is 1.52. The fourth-order valence-electron chi connectivity index (χ4n) is 3.56. The van der Waals surface area contributed by atoms with E-state index in [1.165, 1.54) is 24.0 Å². The van der Waals surface area contributed by atoms with Crippen molar-refractivity contribution < 1.29 is 13.2 Å². The molecule has 0 unspecified atom stereocenters. The quantitative estimate of drug-likeness (QED) is 0.589. The molecule has 0 atom stereocenters. The minimum absolute atomic E-state index is 0.126. The van der Waals surface area contributed by atoms with E-state index in [1.54, 1.807) is 29.2 Å². The van der Waals surface area contributed by atoms with Crippen LogP contribution in [0.15, 0.2) is 56.9 Å². The Hall–Kier alpha value is -2.56. The van der Waals surface area contributed by atoms with E-state index in [-0.39, 0.29) is 29.3 Å². The van der Waals surface area contributed by atoms with Gasteiger partial charge in [0.05, 0.1) is 22.1 Å². The zero-order chi connectivity index (χ0) is 21.5. The SMILES string of the molecule is CNS(=O)(=O)c1ccc2c(c1)CCN2C(=O)CCn1cnc2ccc(Br)cc2c1=O. The molecule has 2 aromatic carbocycles. The number of anilines is 1. The van der Waals surface area contributed by atoms with Crippen LogP contribution in [0.1, 0.15) is 12.0 Å². The molecule has 3 aromatic rings. The number of aromatic nitrogens is 2. The summed E-state index contributed by atoms with van der Waals surface area (Å²) >= 11 is 3.36. The number of nitrogens with zero attached hydrogens (tertiary/aromatic N) is 3. The number of carbonyl (C=O) groups is 1. The highest BCUT2D eigenvalue weighted by Crippen LogP contribution is 2.30. The molecule has 0 aliphatic carbocycles. The van der Waals surface area contributed by atoms with Crippen molar-refractivity contribution in [2.24, 2.45) is 0 Å². The second kappa shape index (κ2) is 7.93. The van der Waals surface area contributed by atoms with Gasteiger partial charge in [0.2, 0.25) is 15.9 Å². The number of nitrogens with one attached hydrogen (secondary N) is 1. The number of aryl methyl sites for hydroxylation is 1. The van der Waals surface area contributed by atoms with Gasteiger partial charge >= 0.3 is 0 Å². The Bertz CT molecular complexity index is 1320. The lowest BCUT2D eigenvalue weighted by Gasteiger charge is -2.18. The van der Waals surface area contributed by atoms with E-state index in [9.17, 15) is 18.0 Å². The van der Waals surface area contributed by atoms with Gasteiger partial charge in [-0.2, -0.15) is 0 Å². The Morgan fingerprint density at radius 1 is 1.23 bits per heavy atom. The maximum Gasteiger partial charge on any atom is 0.261 e. The number of sulfonamides is 1. The number of carbonyl (C=O) groups excluding carboxylic acids is 1. The molecule has 0 saturated carbocycles. The molecule has 10 heteroatoms. The number of hydrogen-bond acceptors (Lipinski definition) is 5. The molecular weight excluding hydrogens is 472 g/mol. The van der Waals surface area contributed by atoms with Gasteiger partial charge in [-0.15, -0.1) is 0 Å². The highest BCUT2D eigenvalue weighted by atomic mass is 79.9. The van der Waals surface area contributed by atoms with Crippen LogP contribution in [-0.4, -0.2) is 37.5 Å². The summed E-state index contributed by atoms with van der Waals surface area (Å²) in [7, 11) is -2.17.